The summed E-state index contributed by atoms with van der Waals surface area (Å²) in [6, 6.07) is -0.0788. The minimum Gasteiger partial charge on any atom is -0.391 e. The quantitative estimate of drug-likeness (QED) is 0.651. The third-order valence-corrected chi connectivity index (χ3v) is 2.39. The molecule has 0 aliphatic carbocycles. The highest BCUT2D eigenvalue weighted by Gasteiger charge is 2.22. The number of aliphatic hydroxyl groups excluding tert-OH is 1. The maximum absolute atomic E-state index is 9.63. The molecule has 0 aliphatic heterocycles. The van der Waals surface area contributed by atoms with Crippen molar-refractivity contribution < 1.29 is 5.11 Å². The van der Waals surface area contributed by atoms with Gasteiger partial charge in [0.25, 0.3) is 0 Å². The van der Waals surface area contributed by atoms with Gasteiger partial charge in [0.15, 0.2) is 0 Å². The topological polar surface area (TPSA) is 46.2 Å². The van der Waals surface area contributed by atoms with Gasteiger partial charge in [-0.2, -0.15) is 0 Å². The molecule has 0 bridgehead atoms. The Labute approximate surface area is 69.8 Å². The van der Waals surface area contributed by atoms with Crippen LogP contribution in [0.2, 0.25) is 0 Å². The van der Waals surface area contributed by atoms with Crippen LogP contribution in [0.15, 0.2) is 0 Å². The minimum atomic E-state index is -0.347. The van der Waals surface area contributed by atoms with Crippen LogP contribution in [0.25, 0.3) is 0 Å². The van der Waals surface area contributed by atoms with E-state index >= 15 is 0 Å². The number of aliphatic hydroxyl groups is 1. The molecular weight excluding hydrogens is 138 g/mol. The van der Waals surface area contributed by atoms with Crippen molar-refractivity contribution in [2.75, 3.05) is 0 Å². The van der Waals surface area contributed by atoms with Gasteiger partial charge in [-0.3, -0.25) is 0 Å². The normalized spacial score (nSPS) is 19.9. The molecule has 0 aromatic rings. The maximum Gasteiger partial charge on any atom is 0.0718 e. The van der Waals surface area contributed by atoms with Crippen molar-refractivity contribution >= 4 is 0 Å². The van der Waals surface area contributed by atoms with E-state index in [2.05, 4.69) is 6.92 Å². The maximum atomic E-state index is 9.63. The van der Waals surface area contributed by atoms with Crippen molar-refractivity contribution in [1.29, 1.82) is 0 Å². The molecule has 0 amide bonds. The molecule has 0 spiro atoms. The first-order valence-corrected chi connectivity index (χ1v) is 4.44. The minimum absolute atomic E-state index is 0.0788. The van der Waals surface area contributed by atoms with Crippen molar-refractivity contribution in [3.63, 3.8) is 0 Å². The number of rotatable bonds is 4. The molecule has 0 aromatic heterocycles. The van der Waals surface area contributed by atoms with Crippen LogP contribution >= 0.6 is 0 Å². The molecule has 0 rings (SSSR count). The zero-order valence-corrected chi connectivity index (χ0v) is 8.04. The van der Waals surface area contributed by atoms with Gasteiger partial charge in [0.05, 0.1) is 6.10 Å². The molecule has 0 aliphatic rings. The van der Waals surface area contributed by atoms with Gasteiger partial charge >= 0.3 is 0 Å². The van der Waals surface area contributed by atoms with Crippen molar-refractivity contribution in [3.05, 3.63) is 0 Å². The van der Waals surface area contributed by atoms with Gasteiger partial charge in [-0.1, -0.05) is 34.1 Å². The second-order valence-corrected chi connectivity index (χ2v) is 3.70. The Kier molecular flexibility index (Phi) is 4.69. The molecule has 0 radical (unpaired) electrons. The average molecular weight is 159 g/mol. The van der Waals surface area contributed by atoms with E-state index in [0.29, 0.717) is 11.8 Å². The molecular formula is C9H21NO. The van der Waals surface area contributed by atoms with E-state index in [1.807, 2.05) is 20.8 Å². The summed E-state index contributed by atoms with van der Waals surface area (Å²) in [4.78, 5) is 0. The highest BCUT2D eigenvalue weighted by atomic mass is 16.3. The number of hydrogen-bond donors (Lipinski definition) is 2. The molecule has 0 saturated carbocycles. The van der Waals surface area contributed by atoms with E-state index in [0.717, 1.165) is 6.42 Å². The van der Waals surface area contributed by atoms with Gasteiger partial charge in [-0.15, -0.1) is 0 Å². The van der Waals surface area contributed by atoms with Crippen molar-refractivity contribution in [1.82, 2.24) is 0 Å². The summed E-state index contributed by atoms with van der Waals surface area (Å²) in [5.74, 6) is 0.673. The predicted molar refractivity (Wildman–Crippen MR) is 48.3 cm³/mol. The molecule has 2 nitrogen and oxygen atoms in total. The van der Waals surface area contributed by atoms with Gasteiger partial charge in [0, 0.05) is 6.04 Å². The van der Waals surface area contributed by atoms with E-state index in [1.54, 1.807) is 0 Å². The second-order valence-electron chi connectivity index (χ2n) is 3.70. The van der Waals surface area contributed by atoms with Crippen molar-refractivity contribution in [2.24, 2.45) is 17.6 Å². The first-order valence-electron chi connectivity index (χ1n) is 4.44. The summed E-state index contributed by atoms with van der Waals surface area (Å²) in [5, 5.41) is 9.63. The van der Waals surface area contributed by atoms with Crippen LogP contribution in [0.1, 0.15) is 34.1 Å². The van der Waals surface area contributed by atoms with Crippen LogP contribution < -0.4 is 5.73 Å². The third-order valence-electron chi connectivity index (χ3n) is 2.39. The smallest absolute Gasteiger partial charge is 0.0718 e. The fourth-order valence-electron chi connectivity index (χ4n) is 1.02. The van der Waals surface area contributed by atoms with Gasteiger partial charge in [-0.25, -0.2) is 0 Å². The summed E-state index contributed by atoms with van der Waals surface area (Å²) in [6.07, 6.45) is 0.640. The molecule has 3 unspecified atom stereocenters. The van der Waals surface area contributed by atoms with Crippen molar-refractivity contribution in [3.8, 4) is 0 Å². The standard InChI is InChI=1S/C9H21NO/c1-5-7(4)9(11)8(10)6(2)3/h6-9,11H,5,10H2,1-4H3. The summed E-state index contributed by atoms with van der Waals surface area (Å²) in [5.41, 5.74) is 5.79. The van der Waals surface area contributed by atoms with Crippen LogP contribution in [0.3, 0.4) is 0 Å². The molecule has 3 N–H and O–H groups in total. The molecule has 11 heavy (non-hydrogen) atoms. The first-order chi connectivity index (χ1) is 5.00. The molecule has 0 saturated heterocycles. The van der Waals surface area contributed by atoms with Crippen LogP contribution in [-0.4, -0.2) is 17.3 Å². The molecule has 2 heteroatoms. The number of hydrogen-bond acceptors (Lipinski definition) is 2. The van der Waals surface area contributed by atoms with Gasteiger partial charge in [0.1, 0.15) is 0 Å². The summed E-state index contributed by atoms with van der Waals surface area (Å²) in [6.45, 7) is 8.18. The van der Waals surface area contributed by atoms with E-state index in [-0.39, 0.29) is 12.1 Å². The lowest BCUT2D eigenvalue weighted by Crippen LogP contribution is -2.42. The monoisotopic (exact) mass is 159 g/mol. The largest absolute Gasteiger partial charge is 0.391 e. The average Bonchev–Trinajstić information content (AvgIpc) is 2.00. The molecule has 0 fully saturated rings. The van der Waals surface area contributed by atoms with E-state index in [4.69, 9.17) is 5.73 Å². The lowest BCUT2D eigenvalue weighted by Gasteiger charge is -2.26. The zero-order chi connectivity index (χ0) is 9.02. The highest BCUT2D eigenvalue weighted by molar-refractivity contribution is 4.78. The highest BCUT2D eigenvalue weighted by Crippen LogP contribution is 2.14. The van der Waals surface area contributed by atoms with Crippen LogP contribution in [-0.2, 0) is 0 Å². The fourth-order valence-corrected chi connectivity index (χ4v) is 1.02. The Hall–Kier alpha value is -0.0800. The first kappa shape index (κ1) is 10.9. The zero-order valence-electron chi connectivity index (χ0n) is 8.04. The fraction of sp³-hybridized carbons (Fsp3) is 1.00. The molecule has 0 aromatic carbocycles. The summed E-state index contributed by atoms with van der Waals surface area (Å²) >= 11 is 0. The van der Waals surface area contributed by atoms with Crippen molar-refractivity contribution in [2.45, 2.75) is 46.3 Å². The van der Waals surface area contributed by atoms with Crippen LogP contribution in [0.4, 0.5) is 0 Å². The van der Waals surface area contributed by atoms with E-state index in [9.17, 15) is 5.11 Å². The summed E-state index contributed by atoms with van der Waals surface area (Å²) < 4.78 is 0. The Morgan fingerprint density at radius 3 is 2.00 bits per heavy atom. The summed E-state index contributed by atoms with van der Waals surface area (Å²) in [7, 11) is 0. The van der Waals surface area contributed by atoms with E-state index < -0.39 is 0 Å². The second kappa shape index (κ2) is 4.73. The molecule has 3 atom stereocenters. The van der Waals surface area contributed by atoms with Gasteiger partial charge in [-0.05, 0) is 11.8 Å². The third kappa shape index (κ3) is 3.21. The predicted octanol–water partition coefficient (Wildman–Crippen LogP) is 1.38. The Morgan fingerprint density at radius 2 is 1.73 bits per heavy atom. The van der Waals surface area contributed by atoms with Gasteiger partial charge < -0.3 is 10.8 Å². The Balaban J connectivity index is 3.90. The Bertz CT molecular complexity index is 104. The van der Waals surface area contributed by atoms with Crippen LogP contribution in [0.5, 0.6) is 0 Å². The van der Waals surface area contributed by atoms with Crippen LogP contribution in [0, 0.1) is 11.8 Å². The van der Waals surface area contributed by atoms with E-state index in [1.165, 1.54) is 0 Å². The molecule has 68 valence electrons. The number of nitrogens with two attached hydrogens (primary N) is 1. The Morgan fingerprint density at radius 1 is 1.27 bits per heavy atom. The lowest BCUT2D eigenvalue weighted by atomic mass is 9.90. The lowest BCUT2D eigenvalue weighted by molar-refractivity contribution is 0.0723. The molecule has 0 heterocycles. The SMILES string of the molecule is CCC(C)C(O)C(N)C(C)C. The van der Waals surface area contributed by atoms with Gasteiger partial charge in [0.2, 0.25) is 0 Å².